The number of piperidine rings is 1. The number of hydrogen-bond acceptors (Lipinski definition) is 3. The summed E-state index contributed by atoms with van der Waals surface area (Å²) in [6.45, 7) is 3.32. The van der Waals surface area contributed by atoms with Gasteiger partial charge in [-0.15, -0.1) is 0 Å². The van der Waals surface area contributed by atoms with Crippen molar-refractivity contribution in [1.82, 2.24) is 4.98 Å². The van der Waals surface area contributed by atoms with Gasteiger partial charge in [-0.3, -0.25) is 4.98 Å². The molecular weight excluding hydrogens is 230 g/mol. The molecule has 1 aliphatic rings. The van der Waals surface area contributed by atoms with E-state index in [9.17, 15) is 0 Å². The largest absolute Gasteiger partial charge is 0.389 e. The van der Waals surface area contributed by atoms with Crippen molar-refractivity contribution in [3.63, 3.8) is 0 Å². The number of nitrogens with two attached hydrogens (primary N) is 1. The van der Waals surface area contributed by atoms with Crippen LogP contribution in [0.4, 0.5) is 5.69 Å². The Kier molecular flexibility index (Phi) is 3.94. The Labute approximate surface area is 108 Å². The van der Waals surface area contributed by atoms with Crippen molar-refractivity contribution >= 4 is 22.9 Å². The van der Waals surface area contributed by atoms with Crippen LogP contribution in [0, 0.1) is 0 Å². The Morgan fingerprint density at radius 2 is 2.41 bits per heavy atom. The van der Waals surface area contributed by atoms with Gasteiger partial charge in [0.1, 0.15) is 4.99 Å². The van der Waals surface area contributed by atoms with Crippen LogP contribution in [0.2, 0.25) is 0 Å². The van der Waals surface area contributed by atoms with Gasteiger partial charge in [0.25, 0.3) is 0 Å². The fourth-order valence-corrected chi connectivity index (χ4v) is 2.74. The Balaban J connectivity index is 2.34. The average Bonchev–Trinajstić information content (AvgIpc) is 2.38. The van der Waals surface area contributed by atoms with Gasteiger partial charge in [-0.25, -0.2) is 0 Å². The first kappa shape index (κ1) is 12.3. The second kappa shape index (κ2) is 5.45. The van der Waals surface area contributed by atoms with Crippen LogP contribution >= 0.6 is 12.2 Å². The molecule has 0 aliphatic carbocycles. The monoisotopic (exact) mass is 249 g/mol. The van der Waals surface area contributed by atoms with Crippen molar-refractivity contribution < 1.29 is 0 Å². The number of nitrogens with zero attached hydrogens (tertiary/aromatic N) is 2. The summed E-state index contributed by atoms with van der Waals surface area (Å²) in [5, 5.41) is 0. The van der Waals surface area contributed by atoms with Crippen molar-refractivity contribution in [3.8, 4) is 0 Å². The van der Waals surface area contributed by atoms with E-state index in [1.807, 2.05) is 12.3 Å². The molecule has 2 heterocycles. The average molecular weight is 249 g/mol. The van der Waals surface area contributed by atoms with E-state index in [-0.39, 0.29) is 0 Å². The Bertz CT molecular complexity index is 405. The second-order valence-corrected chi connectivity index (χ2v) is 4.95. The van der Waals surface area contributed by atoms with Gasteiger partial charge >= 0.3 is 0 Å². The van der Waals surface area contributed by atoms with E-state index >= 15 is 0 Å². The fourth-order valence-electron chi connectivity index (χ4n) is 2.57. The number of anilines is 1. The van der Waals surface area contributed by atoms with E-state index in [1.165, 1.54) is 19.3 Å². The molecule has 0 bridgehead atoms. The molecule has 1 aliphatic heterocycles. The number of hydrogen-bond donors (Lipinski definition) is 1. The molecule has 1 unspecified atom stereocenters. The topological polar surface area (TPSA) is 42.2 Å². The molecule has 2 N–H and O–H groups in total. The minimum Gasteiger partial charge on any atom is -0.389 e. The zero-order chi connectivity index (χ0) is 12.3. The lowest BCUT2D eigenvalue weighted by Crippen LogP contribution is -2.40. The van der Waals surface area contributed by atoms with Crippen LogP contribution in [0.3, 0.4) is 0 Å². The Morgan fingerprint density at radius 1 is 1.59 bits per heavy atom. The van der Waals surface area contributed by atoms with E-state index in [2.05, 4.69) is 16.8 Å². The number of thiocarbonyl (C=S) groups is 1. The lowest BCUT2D eigenvalue weighted by Gasteiger charge is -2.37. The summed E-state index contributed by atoms with van der Waals surface area (Å²) in [4.78, 5) is 7.10. The molecule has 0 spiro atoms. The number of pyridine rings is 1. The van der Waals surface area contributed by atoms with Gasteiger partial charge in [-0.2, -0.15) is 0 Å². The SMILES string of the molecule is CCC1CCCCN1c1cnccc1C(N)=S. The second-order valence-electron chi connectivity index (χ2n) is 4.51. The predicted octanol–water partition coefficient (Wildman–Crippen LogP) is 2.48. The third-order valence-electron chi connectivity index (χ3n) is 3.47. The third-order valence-corrected chi connectivity index (χ3v) is 3.69. The van der Waals surface area contributed by atoms with Crippen molar-refractivity contribution in [1.29, 1.82) is 0 Å². The molecule has 2 rings (SSSR count). The maximum absolute atomic E-state index is 5.79. The summed E-state index contributed by atoms with van der Waals surface area (Å²) in [7, 11) is 0. The molecule has 3 nitrogen and oxygen atoms in total. The highest BCUT2D eigenvalue weighted by Crippen LogP contribution is 2.28. The first-order chi connectivity index (χ1) is 8.24. The van der Waals surface area contributed by atoms with Gasteiger partial charge < -0.3 is 10.6 Å². The Morgan fingerprint density at radius 3 is 3.12 bits per heavy atom. The highest BCUT2D eigenvalue weighted by atomic mass is 32.1. The lowest BCUT2D eigenvalue weighted by molar-refractivity contribution is 0.449. The van der Waals surface area contributed by atoms with Crippen LogP contribution in [0.25, 0.3) is 0 Å². The smallest absolute Gasteiger partial charge is 0.106 e. The number of rotatable bonds is 3. The maximum Gasteiger partial charge on any atom is 0.106 e. The van der Waals surface area contributed by atoms with Gasteiger partial charge in [0.2, 0.25) is 0 Å². The van der Waals surface area contributed by atoms with Gasteiger partial charge in [-0.05, 0) is 31.7 Å². The molecule has 0 amide bonds. The molecule has 1 aromatic heterocycles. The molecule has 0 saturated carbocycles. The quantitative estimate of drug-likeness (QED) is 0.836. The van der Waals surface area contributed by atoms with Crippen LogP contribution in [-0.4, -0.2) is 22.6 Å². The van der Waals surface area contributed by atoms with Crippen LogP contribution in [0.5, 0.6) is 0 Å². The highest BCUT2D eigenvalue weighted by molar-refractivity contribution is 7.80. The fraction of sp³-hybridized carbons (Fsp3) is 0.538. The minimum atomic E-state index is 0.461. The number of aromatic nitrogens is 1. The van der Waals surface area contributed by atoms with Crippen molar-refractivity contribution in [2.45, 2.75) is 38.6 Å². The molecule has 92 valence electrons. The summed E-state index contributed by atoms with van der Waals surface area (Å²) >= 11 is 5.12. The molecule has 1 aromatic rings. The van der Waals surface area contributed by atoms with Crippen molar-refractivity contribution in [3.05, 3.63) is 24.0 Å². The van der Waals surface area contributed by atoms with E-state index in [0.717, 1.165) is 24.2 Å². The van der Waals surface area contributed by atoms with Gasteiger partial charge in [0, 0.05) is 24.3 Å². The van der Waals surface area contributed by atoms with Gasteiger partial charge in [0.05, 0.1) is 11.9 Å². The molecule has 0 aromatic carbocycles. The van der Waals surface area contributed by atoms with Crippen molar-refractivity contribution in [2.24, 2.45) is 5.73 Å². The zero-order valence-electron chi connectivity index (χ0n) is 10.2. The summed E-state index contributed by atoms with van der Waals surface area (Å²) in [6, 6.07) is 2.51. The summed E-state index contributed by atoms with van der Waals surface area (Å²) in [6.07, 6.45) is 8.61. The molecular formula is C13H19N3S. The normalized spacial score (nSPS) is 20.3. The lowest BCUT2D eigenvalue weighted by atomic mass is 9.98. The Hall–Kier alpha value is -1.16. The van der Waals surface area contributed by atoms with Crippen LogP contribution < -0.4 is 10.6 Å². The molecule has 0 radical (unpaired) electrons. The molecule has 1 atom stereocenters. The molecule has 17 heavy (non-hydrogen) atoms. The highest BCUT2D eigenvalue weighted by Gasteiger charge is 2.23. The van der Waals surface area contributed by atoms with Crippen molar-refractivity contribution in [2.75, 3.05) is 11.4 Å². The first-order valence-electron chi connectivity index (χ1n) is 6.24. The third kappa shape index (κ3) is 2.57. The van der Waals surface area contributed by atoms with Gasteiger partial charge in [0.15, 0.2) is 0 Å². The van der Waals surface area contributed by atoms with E-state index < -0.39 is 0 Å². The predicted molar refractivity (Wildman–Crippen MR) is 75.4 cm³/mol. The molecule has 1 saturated heterocycles. The van der Waals surface area contributed by atoms with E-state index in [1.54, 1.807) is 6.20 Å². The van der Waals surface area contributed by atoms with Crippen LogP contribution in [0.1, 0.15) is 38.2 Å². The minimum absolute atomic E-state index is 0.461. The molecule has 4 heteroatoms. The van der Waals surface area contributed by atoms with E-state index in [0.29, 0.717) is 11.0 Å². The summed E-state index contributed by atoms with van der Waals surface area (Å²) in [5.74, 6) is 0. The zero-order valence-corrected chi connectivity index (χ0v) is 11.0. The summed E-state index contributed by atoms with van der Waals surface area (Å²) in [5.41, 5.74) is 7.84. The van der Waals surface area contributed by atoms with Crippen LogP contribution in [-0.2, 0) is 0 Å². The maximum atomic E-state index is 5.79. The first-order valence-corrected chi connectivity index (χ1v) is 6.65. The van der Waals surface area contributed by atoms with Gasteiger partial charge in [-0.1, -0.05) is 19.1 Å². The van der Waals surface area contributed by atoms with E-state index in [4.69, 9.17) is 18.0 Å². The van der Waals surface area contributed by atoms with Crippen LogP contribution in [0.15, 0.2) is 18.5 Å². The molecule has 1 fully saturated rings. The summed E-state index contributed by atoms with van der Waals surface area (Å²) < 4.78 is 0. The standard InChI is InChI=1S/C13H19N3S/c1-2-10-5-3-4-8-16(10)12-9-15-7-6-11(12)13(14)17/h6-7,9-10H,2-5,8H2,1H3,(H2,14,17).